The zero-order valence-corrected chi connectivity index (χ0v) is 20.6. The summed E-state index contributed by atoms with van der Waals surface area (Å²) in [4.78, 5) is 2.42. The summed E-state index contributed by atoms with van der Waals surface area (Å²) in [5.41, 5.74) is 2.54. The van der Waals surface area contributed by atoms with Crippen LogP contribution in [0.25, 0.3) is 0 Å². The van der Waals surface area contributed by atoms with Crippen molar-refractivity contribution in [1.29, 1.82) is 0 Å². The minimum Gasteiger partial charge on any atom is -0.493 e. The summed E-state index contributed by atoms with van der Waals surface area (Å²) in [6, 6.07) is 8.46. The Morgan fingerprint density at radius 2 is 1.71 bits per heavy atom. The molecule has 31 heavy (non-hydrogen) atoms. The number of sulfonamides is 1. The van der Waals surface area contributed by atoms with E-state index in [-0.39, 0.29) is 22.3 Å². The third-order valence-corrected chi connectivity index (χ3v) is 7.35. The van der Waals surface area contributed by atoms with Gasteiger partial charge in [0.1, 0.15) is 4.90 Å². The molecule has 1 heterocycles. The Hall–Kier alpha value is -1.22. The van der Waals surface area contributed by atoms with E-state index in [1.54, 1.807) is 14.2 Å². The third kappa shape index (κ3) is 6.63. The second-order valence-corrected chi connectivity index (χ2v) is 9.76. The number of ether oxygens (including phenoxy) is 2. The van der Waals surface area contributed by atoms with Crippen LogP contribution in [0.2, 0.25) is 10.0 Å². The summed E-state index contributed by atoms with van der Waals surface area (Å²) in [6.45, 7) is 3.07. The molecule has 1 N–H and O–H groups in total. The minimum atomic E-state index is -3.65. The molecule has 6 nitrogen and oxygen atoms in total. The zero-order chi connectivity index (χ0) is 21.7. The first kappa shape index (κ1) is 26.0. The van der Waals surface area contributed by atoms with E-state index in [9.17, 15) is 8.42 Å². The molecule has 0 spiro atoms. The van der Waals surface area contributed by atoms with E-state index in [1.807, 2.05) is 6.07 Å². The highest BCUT2D eigenvalue weighted by Crippen LogP contribution is 2.33. The molecule has 0 fully saturated rings. The van der Waals surface area contributed by atoms with Crippen molar-refractivity contribution in [3.05, 3.63) is 51.5 Å². The van der Waals surface area contributed by atoms with Crippen LogP contribution in [0.15, 0.2) is 35.2 Å². The molecule has 0 saturated carbocycles. The van der Waals surface area contributed by atoms with E-state index in [4.69, 9.17) is 32.7 Å². The van der Waals surface area contributed by atoms with E-state index in [0.717, 1.165) is 50.4 Å². The van der Waals surface area contributed by atoms with E-state index >= 15 is 0 Å². The second-order valence-electron chi connectivity index (χ2n) is 7.18. The molecule has 0 amide bonds. The Bertz CT molecular complexity index is 1000. The number of hydrogen-bond acceptors (Lipinski definition) is 5. The monoisotopic (exact) mass is 508 g/mol. The van der Waals surface area contributed by atoms with Crippen LogP contribution < -0.4 is 14.2 Å². The summed E-state index contributed by atoms with van der Waals surface area (Å²) in [7, 11) is -0.358. The van der Waals surface area contributed by atoms with Gasteiger partial charge in [0, 0.05) is 24.7 Å². The number of unbranched alkanes of at least 4 members (excludes halogenated alkanes) is 1. The summed E-state index contributed by atoms with van der Waals surface area (Å²) < 4.78 is 38.2. The predicted octanol–water partition coefficient (Wildman–Crippen LogP) is 4.55. The quantitative estimate of drug-likeness (QED) is 0.502. The summed E-state index contributed by atoms with van der Waals surface area (Å²) in [5.74, 6) is 1.51. The number of nitrogens with one attached hydrogen (secondary N) is 1. The van der Waals surface area contributed by atoms with E-state index in [0.29, 0.717) is 11.6 Å². The van der Waals surface area contributed by atoms with Gasteiger partial charge in [0.25, 0.3) is 0 Å². The van der Waals surface area contributed by atoms with E-state index in [1.165, 1.54) is 29.3 Å². The highest BCUT2D eigenvalue weighted by atomic mass is 35.5. The molecule has 0 bridgehead atoms. The molecule has 10 heteroatoms. The molecular formula is C21H27Cl3N2O4S. The Morgan fingerprint density at radius 1 is 1.03 bits per heavy atom. The highest BCUT2D eigenvalue weighted by Gasteiger charge is 2.20. The highest BCUT2D eigenvalue weighted by molar-refractivity contribution is 7.89. The summed E-state index contributed by atoms with van der Waals surface area (Å²) in [6.07, 6.45) is 2.58. The average molecular weight is 510 g/mol. The Morgan fingerprint density at radius 3 is 2.35 bits per heavy atom. The van der Waals surface area contributed by atoms with Crippen LogP contribution in [0.4, 0.5) is 0 Å². The van der Waals surface area contributed by atoms with Crippen molar-refractivity contribution in [3.63, 3.8) is 0 Å². The number of nitrogens with zero attached hydrogens (tertiary/aromatic N) is 1. The van der Waals surface area contributed by atoms with Gasteiger partial charge in [0.2, 0.25) is 10.0 Å². The number of hydrogen-bond donors (Lipinski definition) is 1. The van der Waals surface area contributed by atoms with Crippen LogP contribution in [0.5, 0.6) is 11.5 Å². The maximum atomic E-state index is 12.4. The number of benzene rings is 2. The summed E-state index contributed by atoms with van der Waals surface area (Å²) >= 11 is 11.8. The maximum absolute atomic E-state index is 12.4. The molecule has 0 aliphatic carbocycles. The first-order chi connectivity index (χ1) is 14.3. The van der Waals surface area contributed by atoms with E-state index < -0.39 is 10.0 Å². The molecule has 1 aliphatic rings. The fraction of sp³-hybridized carbons (Fsp3) is 0.429. The molecule has 0 unspecified atom stereocenters. The largest absolute Gasteiger partial charge is 0.493 e. The van der Waals surface area contributed by atoms with Gasteiger partial charge in [0.05, 0.1) is 19.2 Å². The molecule has 172 valence electrons. The van der Waals surface area contributed by atoms with Gasteiger partial charge in [-0.05, 0) is 67.3 Å². The van der Waals surface area contributed by atoms with Gasteiger partial charge >= 0.3 is 0 Å². The van der Waals surface area contributed by atoms with Crippen LogP contribution in [0.3, 0.4) is 0 Å². The van der Waals surface area contributed by atoms with Crippen molar-refractivity contribution in [1.82, 2.24) is 9.62 Å². The average Bonchev–Trinajstić information content (AvgIpc) is 2.71. The van der Waals surface area contributed by atoms with Crippen molar-refractivity contribution in [2.24, 2.45) is 0 Å². The minimum absolute atomic E-state index is 0. The van der Waals surface area contributed by atoms with Crippen LogP contribution in [0, 0.1) is 0 Å². The molecule has 0 atom stereocenters. The van der Waals surface area contributed by atoms with Gasteiger partial charge in [-0.2, -0.15) is 0 Å². The van der Waals surface area contributed by atoms with Crippen LogP contribution in [0.1, 0.15) is 24.0 Å². The van der Waals surface area contributed by atoms with Crippen molar-refractivity contribution in [2.75, 3.05) is 33.9 Å². The molecule has 0 saturated heterocycles. The fourth-order valence-electron chi connectivity index (χ4n) is 3.57. The number of halogens is 3. The first-order valence-corrected chi connectivity index (χ1v) is 12.0. The second kappa shape index (κ2) is 11.6. The van der Waals surface area contributed by atoms with Gasteiger partial charge in [-0.3, -0.25) is 4.90 Å². The molecule has 0 aromatic heterocycles. The Balaban J connectivity index is 0.00000341. The predicted molar refractivity (Wildman–Crippen MR) is 127 cm³/mol. The van der Waals surface area contributed by atoms with Crippen molar-refractivity contribution in [2.45, 2.75) is 30.7 Å². The van der Waals surface area contributed by atoms with Gasteiger partial charge in [-0.1, -0.05) is 23.2 Å². The zero-order valence-electron chi connectivity index (χ0n) is 17.5. The van der Waals surface area contributed by atoms with Crippen molar-refractivity contribution in [3.8, 4) is 11.5 Å². The van der Waals surface area contributed by atoms with E-state index in [2.05, 4.69) is 15.7 Å². The standard InChI is InChI=1S/C21H26Cl2N2O4S.ClH/c1-28-19-11-15-7-10-25(14-16(15)12-20(19)29-2)9-4-3-8-24-30(26,27)21-6-5-17(22)13-18(21)23;/h5-6,11-13,24H,3-4,7-10,14H2,1-2H3;1H. The Kier molecular flexibility index (Phi) is 9.73. The van der Waals surface area contributed by atoms with Crippen LogP contribution in [-0.4, -0.2) is 47.2 Å². The lowest BCUT2D eigenvalue weighted by Crippen LogP contribution is -2.32. The lowest BCUT2D eigenvalue weighted by molar-refractivity contribution is 0.248. The van der Waals surface area contributed by atoms with Gasteiger partial charge in [-0.25, -0.2) is 13.1 Å². The number of methoxy groups -OCH3 is 2. The van der Waals surface area contributed by atoms with Crippen LogP contribution >= 0.6 is 35.6 Å². The molecule has 0 radical (unpaired) electrons. The van der Waals surface area contributed by atoms with Crippen molar-refractivity contribution >= 4 is 45.6 Å². The fourth-order valence-corrected chi connectivity index (χ4v) is 5.41. The molecule has 1 aliphatic heterocycles. The normalized spacial score (nSPS) is 13.9. The maximum Gasteiger partial charge on any atom is 0.242 e. The lowest BCUT2D eigenvalue weighted by Gasteiger charge is -2.29. The summed E-state index contributed by atoms with van der Waals surface area (Å²) in [5, 5.41) is 0.521. The lowest BCUT2D eigenvalue weighted by atomic mass is 9.98. The smallest absolute Gasteiger partial charge is 0.242 e. The third-order valence-electron chi connectivity index (χ3n) is 5.17. The Labute approximate surface area is 200 Å². The molecule has 3 rings (SSSR count). The SMILES string of the molecule is COc1cc2c(cc1OC)CN(CCCCNS(=O)(=O)c1ccc(Cl)cc1Cl)CC2.Cl. The molecule has 2 aromatic rings. The number of rotatable bonds is 9. The molecular weight excluding hydrogens is 483 g/mol. The molecule has 2 aromatic carbocycles. The first-order valence-electron chi connectivity index (χ1n) is 9.75. The van der Waals surface area contributed by atoms with Crippen molar-refractivity contribution < 1.29 is 17.9 Å². The van der Waals surface area contributed by atoms with Gasteiger partial charge < -0.3 is 9.47 Å². The van der Waals surface area contributed by atoms with Crippen LogP contribution in [-0.2, 0) is 23.0 Å². The van der Waals surface area contributed by atoms with Gasteiger partial charge in [-0.15, -0.1) is 12.4 Å². The number of fused-ring (bicyclic) bond motifs is 1. The van der Waals surface area contributed by atoms with Gasteiger partial charge in [0.15, 0.2) is 11.5 Å². The topological polar surface area (TPSA) is 67.9 Å².